The molecule has 35 atom stereocenters. The summed E-state index contributed by atoms with van der Waals surface area (Å²) < 4.78 is 84.1. The maximum absolute atomic E-state index is 14.5. The van der Waals surface area contributed by atoms with Crippen LogP contribution >= 0.6 is 22.7 Å². The summed E-state index contributed by atoms with van der Waals surface area (Å²) in [5, 5.41) is 255. The predicted octanol–water partition coefficient (Wildman–Crippen LogP) is -7.69. The number of aromatic nitrogens is 2. The minimum atomic E-state index is -2.32. The number of amides is 2. The number of anilines is 3. The topological polar surface area (TPSA) is 654 Å². The number of phenols is 1. The van der Waals surface area contributed by atoms with Crippen LogP contribution < -0.4 is 26.6 Å². The number of rotatable bonds is 8. The highest BCUT2D eigenvalue weighted by molar-refractivity contribution is 7.10. The van der Waals surface area contributed by atoms with Crippen molar-refractivity contribution in [2.45, 2.75) is 235 Å². The third-order valence-corrected chi connectivity index (χ3v) is 24.6. The Morgan fingerprint density at radius 3 is 0.992 bits per heavy atom. The Morgan fingerprint density at radius 1 is 0.358 bits per heavy atom. The molecule has 25 N–H and O–H groups in total. The zero-order valence-electron chi connectivity index (χ0n) is 63.0. The van der Waals surface area contributed by atoms with Crippen LogP contribution in [-0.2, 0) is 86.0 Å². The van der Waals surface area contributed by atoms with E-state index in [1.54, 1.807) is 12.1 Å². The highest BCUT2D eigenvalue weighted by Crippen LogP contribution is 2.45. The van der Waals surface area contributed by atoms with Gasteiger partial charge in [0.2, 0.25) is 0 Å². The van der Waals surface area contributed by atoms with E-state index in [4.69, 9.17) is 66.3 Å². The van der Waals surface area contributed by atoms with Crippen LogP contribution in [0.1, 0.15) is 36.6 Å². The zero-order chi connectivity index (χ0) is 84.5. The molecular weight excluding hydrogens is 1640 g/mol. The van der Waals surface area contributed by atoms with Gasteiger partial charge in [-0.05, 0) is 52.1 Å². The van der Waals surface area contributed by atoms with Crippen molar-refractivity contribution in [1.82, 2.24) is 20.6 Å². The van der Waals surface area contributed by atoms with Crippen molar-refractivity contribution in [3.05, 3.63) is 104 Å². The number of ether oxygens (including phenoxy) is 14. The first kappa shape index (κ1) is 86.7. The lowest BCUT2D eigenvalue weighted by Gasteiger charge is -2.50. The van der Waals surface area contributed by atoms with Crippen LogP contribution in [0, 0.1) is 0 Å². The van der Waals surface area contributed by atoms with E-state index in [9.17, 15) is 112 Å². The van der Waals surface area contributed by atoms with Gasteiger partial charge in [0.1, 0.15) is 198 Å². The summed E-state index contributed by atoms with van der Waals surface area (Å²) in [7, 11) is 0. The van der Waals surface area contributed by atoms with Gasteiger partial charge in [-0.1, -0.05) is 36.4 Å². The maximum Gasteiger partial charge on any atom is 0.270 e. The summed E-state index contributed by atoms with van der Waals surface area (Å²) in [6, 6.07) is 20.6. The average Bonchev–Trinajstić information content (AvgIpc) is 0.744. The average molecular weight is 1730 g/mol. The number of carbonyl (C=O) groups is 2. The number of hydrogen-bond donors (Lipinski definition) is 25. The maximum atomic E-state index is 14.5. The molecule has 24 aliphatic heterocycles. The summed E-state index contributed by atoms with van der Waals surface area (Å²) in [6.07, 6.45) is -73.7. The van der Waals surface area contributed by atoms with Crippen LogP contribution in [0.5, 0.6) is 5.75 Å². The van der Waals surface area contributed by atoms with Crippen molar-refractivity contribution in [2.24, 2.45) is 0 Å². The van der Waals surface area contributed by atoms with Gasteiger partial charge < -0.3 is 195 Å². The number of nitrogens with zero attached hydrogens (tertiary/aromatic N) is 2. The van der Waals surface area contributed by atoms with Gasteiger partial charge in [0, 0.05) is 63.6 Å². The molecule has 24 aliphatic rings. The van der Waals surface area contributed by atoms with Gasteiger partial charge in [0.25, 0.3) is 11.8 Å². The highest BCUT2D eigenvalue weighted by Gasteiger charge is 2.60. The predicted molar refractivity (Wildman–Crippen MR) is 403 cm³/mol. The van der Waals surface area contributed by atoms with Crippen LogP contribution in [0.2, 0.25) is 0 Å². The number of aliphatic hydroxyl groups excluding tert-OH is 19. The summed E-state index contributed by atoms with van der Waals surface area (Å²) >= 11 is 2.17. The number of hydrogen-bond acceptors (Lipinski definition) is 43. The van der Waals surface area contributed by atoms with E-state index in [1.165, 1.54) is 10.8 Å². The van der Waals surface area contributed by atoms with Crippen LogP contribution in [0.25, 0.3) is 32.3 Å². The molecule has 0 aliphatic carbocycles. The molecule has 120 heavy (non-hydrogen) atoms. The molecule has 2 amide bonds. The normalized spacial score (nSPS) is 40.8. The van der Waals surface area contributed by atoms with Gasteiger partial charge in [0.05, 0.1) is 46.1 Å². The second-order valence-electron chi connectivity index (χ2n) is 30.6. The van der Waals surface area contributed by atoms with Crippen molar-refractivity contribution < 1.29 is 178 Å². The Morgan fingerprint density at radius 2 is 0.667 bits per heavy atom. The van der Waals surface area contributed by atoms with Crippen molar-refractivity contribution in [3.8, 4) is 5.75 Å². The fourth-order valence-electron chi connectivity index (χ4n) is 16.5. The zero-order valence-corrected chi connectivity index (χ0v) is 64.6. The third kappa shape index (κ3) is 17.0. The molecule has 26 heterocycles. The number of aromatic hydroxyl groups is 1. The number of carbonyl (C=O) groups excluding carboxylic acids is 2. The van der Waals surface area contributed by atoms with Gasteiger partial charge >= 0.3 is 0 Å². The number of benzene rings is 5. The smallest absolute Gasteiger partial charge is 0.270 e. The Bertz CT molecular complexity index is 4500. The Kier molecular flexibility index (Phi) is 26.3. The Hall–Kier alpha value is -6.78. The third-order valence-electron chi connectivity index (χ3n) is 22.9. The summed E-state index contributed by atoms with van der Waals surface area (Å²) in [6.45, 7) is -6.54. The van der Waals surface area contributed by atoms with Gasteiger partial charge in [-0.15, -0.1) is 22.7 Å². The van der Waals surface area contributed by atoms with Gasteiger partial charge in [-0.2, -0.15) is 0 Å². The first-order chi connectivity index (χ1) is 57.7. The number of phenolic OH excluding ortho intramolecular Hbond substituents is 1. The monoisotopic (exact) mass is 1730 g/mol. The number of thiazole rings is 2. The molecule has 0 spiro atoms. The second kappa shape index (κ2) is 36.4. The van der Waals surface area contributed by atoms with E-state index < -0.39 is 273 Å². The van der Waals surface area contributed by atoms with Crippen molar-refractivity contribution >= 4 is 83.9 Å². The van der Waals surface area contributed by atoms with Crippen LogP contribution in [-0.4, -0.2) is 385 Å². The quantitative estimate of drug-likeness (QED) is 0.0629. The van der Waals surface area contributed by atoms with E-state index in [-0.39, 0.29) is 30.2 Å². The minimum Gasteiger partial charge on any atom is -0.508 e. The summed E-state index contributed by atoms with van der Waals surface area (Å²) in [4.78, 5) is 38.2. The molecule has 22 bridgehead atoms. The van der Waals surface area contributed by atoms with E-state index in [0.29, 0.717) is 27.9 Å². The molecule has 5 aromatic carbocycles. The second-order valence-corrected chi connectivity index (χ2v) is 32.4. The number of aliphatic hydroxyl groups is 19. The Balaban J connectivity index is 0.774. The molecule has 21 saturated heterocycles. The van der Waals surface area contributed by atoms with Crippen LogP contribution in [0.3, 0.4) is 0 Å². The lowest BCUT2D eigenvalue weighted by molar-refractivity contribution is -0.395. The van der Waals surface area contributed by atoms with Gasteiger partial charge in [-0.3, -0.25) is 9.59 Å². The van der Waals surface area contributed by atoms with Gasteiger partial charge in [0.15, 0.2) is 44.0 Å². The molecule has 656 valence electrons. The van der Waals surface area contributed by atoms with E-state index >= 15 is 0 Å². The summed E-state index contributed by atoms with van der Waals surface area (Å²) in [5.74, 6) is -1.61. The molecule has 2 aromatic heterocycles. The minimum absolute atomic E-state index is 0.0147. The highest BCUT2D eigenvalue weighted by atomic mass is 32.1. The van der Waals surface area contributed by atoms with Crippen LogP contribution in [0.4, 0.5) is 17.1 Å². The molecule has 21 fully saturated rings. The van der Waals surface area contributed by atoms with Crippen molar-refractivity contribution in [2.75, 3.05) is 62.1 Å². The molecular formula is C75H93N7O36S2. The van der Waals surface area contributed by atoms with E-state index in [0.717, 1.165) is 66.2 Å². The fourth-order valence-corrected chi connectivity index (χ4v) is 17.9. The van der Waals surface area contributed by atoms with Crippen molar-refractivity contribution in [3.63, 3.8) is 0 Å². The fraction of sp³-hybridized carbons (Fsp3) is 0.600. The first-order valence-corrected chi connectivity index (χ1v) is 40.4. The van der Waals surface area contributed by atoms with E-state index in [2.05, 4.69) is 36.6 Å². The molecule has 45 heteroatoms. The molecule has 0 radical (unpaired) electrons. The standard InChI is InChI=1S/C75H93N7O36S2/c83-17-37-62-50(93)57(100)73(109-37)116-64-39(19-85)107-71(55(98)48(64)91)112-60-35-13-79-67(103)33-22-119-42(81-33)15-77-31-11-32(30-8-4-26-10-27(76-12-24-1-5-28(88)6-2-24)9-25-3-7-29(31)45(30)44(25)26)78-16-43-82-34(23-120-43)68(104)80-14-36-61(46(89)53(96)69(105-36)114-62)113-72-56(99)49(92)65(40(20-86)108-72)117-75-59(102)52(95)66(41(21-87)111-75)118-74-58(101)51(94)63(38(18-84)110-74)115-70(106-35)54(97)47(60)90/h1-11,22-23,35-41,46-66,69-78,83-102H,12-21H2,(H,79,103)(H,80,104). The van der Waals surface area contributed by atoms with Crippen LogP contribution in [0.15, 0.2) is 77.5 Å². The van der Waals surface area contributed by atoms with Gasteiger partial charge in [-0.25, -0.2) is 9.97 Å². The lowest BCUT2D eigenvalue weighted by Crippen LogP contribution is -2.68. The Labute approximate surface area is 686 Å². The number of nitrogens with one attached hydrogen (secondary N) is 5. The largest absolute Gasteiger partial charge is 0.508 e. The first-order valence-electron chi connectivity index (χ1n) is 38.7. The molecule has 7 aromatic rings. The molecule has 0 saturated carbocycles. The molecule has 43 nitrogen and oxygen atoms in total. The lowest BCUT2D eigenvalue weighted by atomic mass is 9.92. The van der Waals surface area contributed by atoms with Crippen molar-refractivity contribution in [1.29, 1.82) is 0 Å². The van der Waals surface area contributed by atoms with E-state index in [1.807, 2.05) is 54.6 Å². The molecule has 31 rings (SSSR count). The molecule has 35 unspecified atom stereocenters. The summed E-state index contributed by atoms with van der Waals surface area (Å²) in [5.41, 5.74) is 2.61. The SMILES string of the molecule is O=C1NCC2OC3OC4C(CO)OC(OC5C(CO)OC(OC6C(CNC(=O)c7csc(n7)CNc7cc(c8ccc9cc(NCc%10ccc(O)cc%10)cc%10ccc7c8c9%10)NCc7nc1cs7)OC(OC1C(CO)OC(OC7C(CO)OC(OC8C(CO)OC(OC2C(O)C3O)C(O)C8O)C(O)C7O)C(O)C1O)C(O)C6O)C(O)C5O)C(O)C4O.